The van der Waals surface area contributed by atoms with Gasteiger partial charge in [-0.25, -0.2) is 0 Å². The molecular weight excluding hydrogens is 350 g/mol. The zero-order valence-electron chi connectivity index (χ0n) is 13.4. The lowest BCUT2D eigenvalue weighted by atomic mass is 10.3. The van der Waals surface area contributed by atoms with E-state index in [9.17, 15) is 8.42 Å². The molecule has 0 bridgehead atoms. The molecule has 24 heavy (non-hydrogen) atoms. The van der Waals surface area contributed by atoms with E-state index < -0.39 is 10.1 Å². The second kappa shape index (κ2) is 8.92. The topological polar surface area (TPSA) is 55.8 Å². The van der Waals surface area contributed by atoms with Crippen LogP contribution in [0.4, 0.5) is 0 Å². The van der Waals surface area contributed by atoms with Crippen LogP contribution in [0.15, 0.2) is 54.6 Å². The van der Waals surface area contributed by atoms with Crippen molar-refractivity contribution in [3.8, 4) is 11.5 Å². The van der Waals surface area contributed by atoms with Crippen molar-refractivity contribution in [2.24, 2.45) is 0 Å². The lowest BCUT2D eigenvalue weighted by molar-refractivity contribution is 0.243. The van der Waals surface area contributed by atoms with E-state index in [1.165, 1.54) is 0 Å². The highest BCUT2D eigenvalue weighted by atomic mass is 35.5. The number of hydrogen-bond acceptors (Lipinski definition) is 5. The lowest BCUT2D eigenvalue weighted by Gasteiger charge is -2.17. The van der Waals surface area contributed by atoms with Crippen molar-refractivity contribution in [1.82, 2.24) is 4.90 Å². The Kier molecular flexibility index (Phi) is 6.90. The van der Waals surface area contributed by atoms with Crippen LogP contribution < -0.4 is 8.92 Å². The maximum absolute atomic E-state index is 11.9. The van der Waals surface area contributed by atoms with Crippen molar-refractivity contribution >= 4 is 21.7 Å². The first-order valence-corrected chi connectivity index (χ1v) is 9.44. The molecule has 0 saturated heterocycles. The molecule has 0 N–H and O–H groups in total. The highest BCUT2D eigenvalue weighted by molar-refractivity contribution is 7.87. The molecule has 0 spiro atoms. The Balaban J connectivity index is 1.71. The fourth-order valence-electron chi connectivity index (χ4n) is 1.92. The van der Waals surface area contributed by atoms with Crippen LogP contribution in [-0.4, -0.2) is 45.8 Å². The number of likely N-dealkylation sites (N-methyl/N-ethyl adjacent to an activating group) is 1. The molecule has 130 valence electrons. The van der Waals surface area contributed by atoms with Crippen LogP contribution in [0.2, 0.25) is 5.02 Å². The minimum atomic E-state index is -3.61. The number of para-hydroxylation sites is 1. The van der Waals surface area contributed by atoms with Crippen LogP contribution in [0.3, 0.4) is 0 Å². The summed E-state index contributed by atoms with van der Waals surface area (Å²) < 4.78 is 34.5. The van der Waals surface area contributed by atoms with Crippen LogP contribution in [0.5, 0.6) is 11.5 Å². The first-order chi connectivity index (χ1) is 11.4. The highest BCUT2D eigenvalue weighted by Gasteiger charge is 2.14. The molecule has 0 atom stereocenters. The van der Waals surface area contributed by atoms with Gasteiger partial charge in [-0.2, -0.15) is 8.42 Å². The Labute approximate surface area is 147 Å². The summed E-state index contributed by atoms with van der Waals surface area (Å²) in [4.78, 5) is 1.87. The monoisotopic (exact) mass is 369 g/mol. The van der Waals surface area contributed by atoms with Crippen LogP contribution in [0.25, 0.3) is 0 Å². The lowest BCUT2D eigenvalue weighted by Crippen LogP contribution is -2.30. The molecule has 0 unspecified atom stereocenters. The molecule has 2 aromatic rings. The van der Waals surface area contributed by atoms with Gasteiger partial charge in [0.05, 0.1) is 5.75 Å². The number of ether oxygens (including phenoxy) is 1. The van der Waals surface area contributed by atoms with E-state index in [0.717, 1.165) is 0 Å². The minimum Gasteiger partial charge on any atom is -0.492 e. The van der Waals surface area contributed by atoms with Gasteiger partial charge in [-0.3, -0.25) is 0 Å². The first kappa shape index (κ1) is 18.6. The zero-order chi connectivity index (χ0) is 17.4. The van der Waals surface area contributed by atoms with Crippen molar-refractivity contribution in [2.45, 2.75) is 0 Å². The number of halogens is 1. The van der Waals surface area contributed by atoms with Crippen LogP contribution in [-0.2, 0) is 10.1 Å². The van der Waals surface area contributed by atoms with E-state index in [-0.39, 0.29) is 5.75 Å². The highest BCUT2D eigenvalue weighted by Crippen LogP contribution is 2.17. The summed E-state index contributed by atoms with van der Waals surface area (Å²) in [6, 6.07) is 15.6. The Hall–Kier alpha value is -1.76. The minimum absolute atomic E-state index is 0.0877. The van der Waals surface area contributed by atoms with Crippen molar-refractivity contribution in [2.75, 3.05) is 32.5 Å². The summed E-state index contributed by atoms with van der Waals surface area (Å²) in [6.45, 7) is 1.39. The molecule has 5 nitrogen and oxygen atoms in total. The van der Waals surface area contributed by atoms with E-state index in [1.807, 2.05) is 24.1 Å². The fourth-order valence-corrected chi connectivity index (χ4v) is 3.12. The first-order valence-electron chi connectivity index (χ1n) is 7.49. The maximum atomic E-state index is 11.9. The summed E-state index contributed by atoms with van der Waals surface area (Å²) in [5.74, 6) is 0.926. The van der Waals surface area contributed by atoms with Gasteiger partial charge in [0, 0.05) is 18.1 Å². The van der Waals surface area contributed by atoms with Gasteiger partial charge in [-0.1, -0.05) is 35.9 Å². The Morgan fingerprint density at radius 2 is 1.71 bits per heavy atom. The summed E-state index contributed by atoms with van der Waals surface area (Å²) in [5, 5.41) is 0.616. The smallest absolute Gasteiger partial charge is 0.310 e. The van der Waals surface area contributed by atoms with Gasteiger partial charge < -0.3 is 13.8 Å². The van der Waals surface area contributed by atoms with E-state index in [0.29, 0.717) is 36.2 Å². The van der Waals surface area contributed by atoms with Gasteiger partial charge in [-0.05, 0) is 37.4 Å². The number of benzene rings is 2. The maximum Gasteiger partial charge on any atom is 0.310 e. The van der Waals surface area contributed by atoms with E-state index in [2.05, 4.69) is 0 Å². The standard InChI is InChI=1S/C17H20ClNO4S/c1-19(10-12-22-17-9-5-6-15(18)14-17)11-13-24(20,21)23-16-7-3-2-4-8-16/h2-9,14H,10-13H2,1H3. The molecule has 7 heteroatoms. The molecule has 0 fully saturated rings. The largest absolute Gasteiger partial charge is 0.492 e. The SMILES string of the molecule is CN(CCOc1cccc(Cl)c1)CCS(=O)(=O)Oc1ccccc1. The number of rotatable bonds is 9. The van der Waals surface area contributed by atoms with Gasteiger partial charge in [0.25, 0.3) is 0 Å². The zero-order valence-corrected chi connectivity index (χ0v) is 15.0. The predicted molar refractivity (Wildman–Crippen MR) is 95.3 cm³/mol. The average molecular weight is 370 g/mol. The van der Waals surface area contributed by atoms with Crippen LogP contribution in [0, 0.1) is 0 Å². The molecule has 0 heterocycles. The van der Waals surface area contributed by atoms with Gasteiger partial charge in [0.2, 0.25) is 0 Å². The molecule has 2 rings (SSSR count). The van der Waals surface area contributed by atoms with Crippen molar-refractivity contribution < 1.29 is 17.3 Å². The Morgan fingerprint density at radius 1 is 1.00 bits per heavy atom. The Morgan fingerprint density at radius 3 is 2.42 bits per heavy atom. The van der Waals surface area contributed by atoms with Crippen LogP contribution in [0.1, 0.15) is 0 Å². The Bertz CT molecular complexity index is 737. The van der Waals surface area contributed by atoms with Gasteiger partial charge in [0.15, 0.2) is 0 Å². The second-order valence-corrected chi connectivity index (χ2v) is 7.39. The van der Waals surface area contributed by atoms with E-state index in [4.69, 9.17) is 20.5 Å². The van der Waals surface area contributed by atoms with Crippen molar-refractivity contribution in [1.29, 1.82) is 0 Å². The fraction of sp³-hybridized carbons (Fsp3) is 0.294. The molecule has 0 aromatic heterocycles. The van der Waals surface area contributed by atoms with E-state index >= 15 is 0 Å². The third kappa shape index (κ3) is 6.78. The molecule has 0 amide bonds. The molecular formula is C17H20ClNO4S. The van der Waals surface area contributed by atoms with Gasteiger partial charge in [-0.15, -0.1) is 0 Å². The third-order valence-electron chi connectivity index (χ3n) is 3.23. The molecule has 0 aliphatic carbocycles. The second-order valence-electron chi connectivity index (χ2n) is 5.27. The van der Waals surface area contributed by atoms with E-state index in [1.54, 1.807) is 42.5 Å². The van der Waals surface area contributed by atoms with Crippen molar-refractivity contribution in [3.05, 3.63) is 59.6 Å². The summed E-state index contributed by atoms with van der Waals surface area (Å²) in [6.07, 6.45) is 0. The molecule has 0 aliphatic heterocycles. The number of hydrogen-bond donors (Lipinski definition) is 0. The molecule has 0 aliphatic rings. The number of nitrogens with zero attached hydrogens (tertiary/aromatic N) is 1. The van der Waals surface area contributed by atoms with Gasteiger partial charge >= 0.3 is 10.1 Å². The molecule has 0 radical (unpaired) electrons. The summed E-state index contributed by atoms with van der Waals surface area (Å²) >= 11 is 5.88. The molecule has 0 saturated carbocycles. The normalized spacial score (nSPS) is 11.5. The average Bonchev–Trinajstić information content (AvgIpc) is 2.54. The summed E-state index contributed by atoms with van der Waals surface area (Å²) in [7, 11) is -1.78. The third-order valence-corrected chi connectivity index (χ3v) is 4.59. The van der Waals surface area contributed by atoms with Gasteiger partial charge in [0.1, 0.15) is 18.1 Å². The quantitative estimate of drug-likeness (QED) is 0.636. The van der Waals surface area contributed by atoms with Crippen molar-refractivity contribution in [3.63, 3.8) is 0 Å². The molecule has 2 aromatic carbocycles. The summed E-state index contributed by atoms with van der Waals surface area (Å²) in [5.41, 5.74) is 0. The van der Waals surface area contributed by atoms with Crippen LogP contribution >= 0.6 is 11.6 Å². The predicted octanol–water partition coefficient (Wildman–Crippen LogP) is 3.06.